The molecule has 0 saturated heterocycles. The fourth-order valence-corrected chi connectivity index (χ4v) is 3.16. The topological polar surface area (TPSA) is 70.5 Å². The lowest BCUT2D eigenvalue weighted by Crippen LogP contribution is -2.26. The molecule has 0 spiro atoms. The molecule has 2 rings (SSSR count). The van der Waals surface area contributed by atoms with Crippen LogP contribution in [0.3, 0.4) is 0 Å². The van der Waals surface area contributed by atoms with Gasteiger partial charge in [0.15, 0.2) is 0 Å². The number of benzene rings is 1. The molecule has 1 aromatic carbocycles. The normalized spacial score (nSPS) is 13.3. The quantitative estimate of drug-likeness (QED) is 0.916. The van der Waals surface area contributed by atoms with Crippen molar-refractivity contribution in [3.8, 4) is 0 Å². The van der Waals surface area contributed by atoms with Crippen LogP contribution in [-0.2, 0) is 16.6 Å². The summed E-state index contributed by atoms with van der Waals surface area (Å²) in [6.07, 6.45) is 2.58. The van der Waals surface area contributed by atoms with Gasteiger partial charge in [0.1, 0.15) is 0 Å². The average molecular weight is 306 g/mol. The lowest BCUT2D eigenvalue weighted by atomic mass is 10.1. The molecule has 6 heteroatoms. The second-order valence-corrected chi connectivity index (χ2v) is 6.92. The number of pyridine rings is 1. The van der Waals surface area contributed by atoms with Crippen LogP contribution in [0.4, 0.5) is 0 Å². The molecule has 0 fully saturated rings. The van der Waals surface area contributed by atoms with Gasteiger partial charge in [-0.3, -0.25) is 4.98 Å². The van der Waals surface area contributed by atoms with E-state index in [0.717, 1.165) is 5.56 Å². The molecule has 112 valence electrons. The molecular formula is C15H18N2O3S. The van der Waals surface area contributed by atoms with Gasteiger partial charge in [-0.1, -0.05) is 18.2 Å². The van der Waals surface area contributed by atoms with Crippen molar-refractivity contribution in [3.05, 3.63) is 59.9 Å². The van der Waals surface area contributed by atoms with E-state index in [1.165, 1.54) is 23.5 Å². The van der Waals surface area contributed by atoms with Crippen LogP contribution in [0.25, 0.3) is 0 Å². The Morgan fingerprint density at radius 3 is 2.67 bits per heavy atom. The zero-order valence-electron chi connectivity index (χ0n) is 12.0. The lowest BCUT2D eigenvalue weighted by Gasteiger charge is -2.18. The number of sulfonamides is 1. The summed E-state index contributed by atoms with van der Waals surface area (Å²) in [6.45, 7) is 1.85. The van der Waals surface area contributed by atoms with Gasteiger partial charge >= 0.3 is 0 Å². The number of hydrogen-bond acceptors (Lipinski definition) is 4. The van der Waals surface area contributed by atoms with Crippen LogP contribution in [0.1, 0.15) is 24.2 Å². The van der Waals surface area contributed by atoms with Crippen molar-refractivity contribution in [2.45, 2.75) is 24.5 Å². The van der Waals surface area contributed by atoms with Crippen LogP contribution >= 0.6 is 0 Å². The Morgan fingerprint density at radius 2 is 2.05 bits per heavy atom. The van der Waals surface area contributed by atoms with Crippen molar-refractivity contribution < 1.29 is 13.5 Å². The monoisotopic (exact) mass is 306 g/mol. The third-order valence-electron chi connectivity index (χ3n) is 3.18. The first-order chi connectivity index (χ1) is 9.91. The van der Waals surface area contributed by atoms with Crippen molar-refractivity contribution in [2.24, 2.45) is 0 Å². The highest BCUT2D eigenvalue weighted by molar-refractivity contribution is 7.89. The maximum absolute atomic E-state index is 12.5. The third-order valence-corrected chi connectivity index (χ3v) is 4.98. The van der Waals surface area contributed by atoms with Gasteiger partial charge in [-0.05, 0) is 36.2 Å². The summed E-state index contributed by atoms with van der Waals surface area (Å²) >= 11 is 0. The molecule has 1 atom stereocenters. The summed E-state index contributed by atoms with van der Waals surface area (Å²) in [5.74, 6) is 0. The Morgan fingerprint density at radius 1 is 1.29 bits per heavy atom. The Labute approximate surface area is 124 Å². The van der Waals surface area contributed by atoms with Crippen LogP contribution in [0.5, 0.6) is 0 Å². The first kappa shape index (κ1) is 15.6. The number of aromatic nitrogens is 1. The highest BCUT2D eigenvalue weighted by Gasteiger charge is 2.21. The molecular weight excluding hydrogens is 288 g/mol. The predicted molar refractivity (Wildman–Crippen MR) is 80.0 cm³/mol. The summed E-state index contributed by atoms with van der Waals surface area (Å²) in [6, 6.07) is 9.95. The number of rotatable bonds is 5. The van der Waals surface area contributed by atoms with Gasteiger partial charge in [0.25, 0.3) is 0 Å². The van der Waals surface area contributed by atoms with Gasteiger partial charge < -0.3 is 5.11 Å². The van der Waals surface area contributed by atoms with Crippen molar-refractivity contribution in [1.29, 1.82) is 0 Å². The fourth-order valence-electron chi connectivity index (χ4n) is 1.95. The smallest absolute Gasteiger partial charge is 0.243 e. The average Bonchev–Trinajstić information content (AvgIpc) is 2.48. The molecule has 0 radical (unpaired) electrons. The summed E-state index contributed by atoms with van der Waals surface area (Å²) < 4.78 is 26.3. The minimum atomic E-state index is -3.60. The summed E-state index contributed by atoms with van der Waals surface area (Å²) in [5, 5.41) is 9.57. The summed E-state index contributed by atoms with van der Waals surface area (Å²) in [5.41, 5.74) is 1.39. The predicted octanol–water partition coefficient (Wildman–Crippen LogP) is 1.96. The van der Waals surface area contributed by atoms with Gasteiger partial charge in [-0.15, -0.1) is 0 Å². The van der Waals surface area contributed by atoms with E-state index in [1.807, 2.05) is 6.07 Å². The largest absolute Gasteiger partial charge is 0.389 e. The van der Waals surface area contributed by atoms with E-state index in [1.54, 1.807) is 37.5 Å². The van der Waals surface area contributed by atoms with Crippen LogP contribution in [-0.4, -0.2) is 29.9 Å². The van der Waals surface area contributed by atoms with E-state index in [0.29, 0.717) is 5.56 Å². The van der Waals surface area contributed by atoms with Crippen LogP contribution in [0.2, 0.25) is 0 Å². The van der Waals surface area contributed by atoms with Crippen LogP contribution in [0.15, 0.2) is 53.7 Å². The number of hydrogen-bond donors (Lipinski definition) is 1. The Kier molecular flexibility index (Phi) is 4.72. The Bertz CT molecular complexity index is 700. The third kappa shape index (κ3) is 3.66. The van der Waals surface area contributed by atoms with E-state index in [9.17, 15) is 13.5 Å². The number of aliphatic hydroxyl groups is 1. The molecule has 0 amide bonds. The molecule has 1 heterocycles. The highest BCUT2D eigenvalue weighted by atomic mass is 32.2. The Hall–Kier alpha value is -1.76. The van der Waals surface area contributed by atoms with Gasteiger partial charge in [0.2, 0.25) is 10.0 Å². The molecule has 2 aromatic rings. The SMILES string of the molecule is CC(O)c1cccc(S(=O)(=O)N(C)Cc2cccnc2)c1. The minimum Gasteiger partial charge on any atom is -0.389 e. The van der Waals surface area contributed by atoms with Gasteiger partial charge in [0, 0.05) is 26.0 Å². The molecule has 1 unspecified atom stereocenters. The zero-order chi connectivity index (χ0) is 15.5. The number of aliphatic hydroxyl groups excluding tert-OH is 1. The van der Waals surface area contributed by atoms with Gasteiger partial charge in [0.05, 0.1) is 11.0 Å². The zero-order valence-corrected chi connectivity index (χ0v) is 12.8. The van der Waals surface area contributed by atoms with Crippen molar-refractivity contribution in [1.82, 2.24) is 9.29 Å². The molecule has 0 bridgehead atoms. The van der Waals surface area contributed by atoms with Crippen molar-refractivity contribution >= 4 is 10.0 Å². The van der Waals surface area contributed by atoms with Crippen molar-refractivity contribution in [3.63, 3.8) is 0 Å². The minimum absolute atomic E-state index is 0.173. The van der Waals surface area contributed by atoms with Crippen LogP contribution in [0, 0.1) is 0 Å². The molecule has 1 N–H and O–H groups in total. The first-order valence-electron chi connectivity index (χ1n) is 6.54. The molecule has 1 aromatic heterocycles. The van der Waals surface area contributed by atoms with Gasteiger partial charge in [-0.25, -0.2) is 8.42 Å². The first-order valence-corrected chi connectivity index (χ1v) is 7.98. The highest BCUT2D eigenvalue weighted by Crippen LogP contribution is 2.20. The van der Waals surface area contributed by atoms with E-state index in [-0.39, 0.29) is 11.4 Å². The van der Waals surface area contributed by atoms with E-state index in [4.69, 9.17) is 0 Å². The van der Waals surface area contributed by atoms with Gasteiger partial charge in [-0.2, -0.15) is 4.31 Å². The fraction of sp³-hybridized carbons (Fsp3) is 0.267. The number of nitrogens with zero attached hydrogens (tertiary/aromatic N) is 2. The maximum Gasteiger partial charge on any atom is 0.243 e. The van der Waals surface area contributed by atoms with Crippen LogP contribution < -0.4 is 0 Å². The second kappa shape index (κ2) is 6.34. The van der Waals surface area contributed by atoms with E-state index in [2.05, 4.69) is 4.98 Å². The van der Waals surface area contributed by atoms with Crippen molar-refractivity contribution in [2.75, 3.05) is 7.05 Å². The second-order valence-electron chi connectivity index (χ2n) is 4.87. The standard InChI is InChI=1S/C15H18N2O3S/c1-12(18)14-6-3-7-15(9-14)21(19,20)17(2)11-13-5-4-8-16-10-13/h3-10,12,18H,11H2,1-2H3. The molecule has 0 aliphatic carbocycles. The molecule has 21 heavy (non-hydrogen) atoms. The Balaban J connectivity index is 2.27. The summed E-state index contributed by atoms with van der Waals surface area (Å²) in [7, 11) is -2.07. The van der Waals surface area contributed by atoms with E-state index >= 15 is 0 Å². The summed E-state index contributed by atoms with van der Waals surface area (Å²) in [4.78, 5) is 4.15. The molecule has 5 nitrogen and oxygen atoms in total. The lowest BCUT2D eigenvalue weighted by molar-refractivity contribution is 0.199. The maximum atomic E-state index is 12.5. The molecule has 0 aliphatic rings. The van der Waals surface area contributed by atoms with E-state index < -0.39 is 16.1 Å². The molecule has 0 aliphatic heterocycles. The molecule has 0 saturated carbocycles.